The van der Waals surface area contributed by atoms with Gasteiger partial charge in [-0.1, -0.05) is 37.3 Å². The molecule has 33 heavy (non-hydrogen) atoms. The van der Waals surface area contributed by atoms with Gasteiger partial charge >= 0.3 is 0 Å². The molecule has 1 aliphatic heterocycles. The number of aryl methyl sites for hydroxylation is 2. The standard InChI is InChI=1S/C25H23N3O4S/c1-3-17-5-12-21(13-6-17)27-23(29)15-33-25(27)18-8-10-20(11-9-18)26-24(30)19-7-4-16(2)22(14-19)28(31)32/h4-14,25H,3,15H2,1-2H3,(H,26,30)/t25-/m1/s1. The maximum absolute atomic E-state index is 12.6. The minimum absolute atomic E-state index is 0.0626. The van der Waals surface area contributed by atoms with Crippen LogP contribution in [-0.2, 0) is 11.2 Å². The zero-order chi connectivity index (χ0) is 23.5. The molecule has 0 spiro atoms. The largest absolute Gasteiger partial charge is 0.322 e. The molecule has 1 saturated heterocycles. The smallest absolute Gasteiger partial charge is 0.273 e. The van der Waals surface area contributed by atoms with Crippen molar-refractivity contribution in [3.05, 3.63) is 99.1 Å². The van der Waals surface area contributed by atoms with E-state index in [9.17, 15) is 19.7 Å². The molecule has 1 aliphatic rings. The zero-order valence-electron chi connectivity index (χ0n) is 18.3. The van der Waals surface area contributed by atoms with Crippen molar-refractivity contribution in [2.24, 2.45) is 0 Å². The van der Waals surface area contributed by atoms with Gasteiger partial charge in [-0.15, -0.1) is 11.8 Å². The summed E-state index contributed by atoms with van der Waals surface area (Å²) in [6.45, 7) is 3.72. The predicted octanol–water partition coefficient (Wildman–Crippen LogP) is 5.50. The normalized spacial score (nSPS) is 15.5. The highest BCUT2D eigenvalue weighted by Crippen LogP contribution is 2.42. The Bertz CT molecular complexity index is 1210. The average Bonchev–Trinajstić information content (AvgIpc) is 3.21. The van der Waals surface area contributed by atoms with E-state index in [1.165, 1.54) is 11.6 Å². The van der Waals surface area contributed by atoms with Crippen LogP contribution in [0.15, 0.2) is 66.7 Å². The van der Waals surface area contributed by atoms with Crippen molar-refractivity contribution < 1.29 is 14.5 Å². The number of rotatable bonds is 6. The van der Waals surface area contributed by atoms with Crippen LogP contribution in [-0.4, -0.2) is 22.5 Å². The molecule has 168 valence electrons. The van der Waals surface area contributed by atoms with Crippen molar-refractivity contribution >= 4 is 40.6 Å². The third-order valence-electron chi connectivity index (χ3n) is 5.61. The van der Waals surface area contributed by atoms with Gasteiger partial charge in [-0.25, -0.2) is 0 Å². The first-order valence-corrected chi connectivity index (χ1v) is 11.6. The Morgan fingerprint density at radius 3 is 2.45 bits per heavy atom. The van der Waals surface area contributed by atoms with Gasteiger partial charge in [-0.2, -0.15) is 0 Å². The number of carbonyl (C=O) groups is 2. The lowest BCUT2D eigenvalue weighted by Crippen LogP contribution is -2.27. The van der Waals surface area contributed by atoms with Gasteiger partial charge in [0.1, 0.15) is 5.37 Å². The number of hydrogen-bond acceptors (Lipinski definition) is 5. The van der Waals surface area contributed by atoms with Crippen molar-refractivity contribution in [3.63, 3.8) is 0 Å². The summed E-state index contributed by atoms with van der Waals surface area (Å²) in [6.07, 6.45) is 0.940. The van der Waals surface area contributed by atoms with Gasteiger partial charge in [0.05, 0.1) is 10.7 Å². The first-order valence-electron chi connectivity index (χ1n) is 10.6. The summed E-state index contributed by atoms with van der Waals surface area (Å²) in [5, 5.41) is 13.8. The maximum Gasteiger partial charge on any atom is 0.273 e. The molecule has 0 radical (unpaired) electrons. The summed E-state index contributed by atoms with van der Waals surface area (Å²) in [6, 6.07) is 19.8. The van der Waals surface area contributed by atoms with Gasteiger partial charge < -0.3 is 5.32 Å². The first-order chi connectivity index (χ1) is 15.9. The number of nitro benzene ring substituents is 1. The molecule has 1 N–H and O–H groups in total. The third kappa shape index (κ3) is 4.75. The van der Waals surface area contributed by atoms with E-state index >= 15 is 0 Å². The number of nitro groups is 1. The molecule has 0 bridgehead atoms. The van der Waals surface area contributed by atoms with Crippen LogP contribution >= 0.6 is 11.8 Å². The van der Waals surface area contributed by atoms with Crippen LogP contribution < -0.4 is 10.2 Å². The molecule has 4 rings (SSSR count). The molecule has 2 amide bonds. The number of amides is 2. The molecule has 7 nitrogen and oxygen atoms in total. The molecular formula is C25H23N3O4S. The lowest BCUT2D eigenvalue weighted by molar-refractivity contribution is -0.385. The van der Waals surface area contributed by atoms with Crippen LogP contribution in [0.2, 0.25) is 0 Å². The van der Waals surface area contributed by atoms with Gasteiger partial charge in [-0.3, -0.25) is 24.6 Å². The van der Waals surface area contributed by atoms with Crippen molar-refractivity contribution in [2.75, 3.05) is 16.0 Å². The molecule has 3 aromatic rings. The monoisotopic (exact) mass is 461 g/mol. The number of anilines is 2. The Balaban J connectivity index is 1.50. The topological polar surface area (TPSA) is 92.6 Å². The molecule has 8 heteroatoms. The molecular weight excluding hydrogens is 438 g/mol. The third-order valence-corrected chi connectivity index (χ3v) is 6.82. The molecule has 3 aromatic carbocycles. The summed E-state index contributed by atoms with van der Waals surface area (Å²) in [7, 11) is 0. The summed E-state index contributed by atoms with van der Waals surface area (Å²) >= 11 is 1.56. The zero-order valence-corrected chi connectivity index (χ0v) is 19.1. The quantitative estimate of drug-likeness (QED) is 0.387. The van der Waals surface area contributed by atoms with Crippen LogP contribution in [0.3, 0.4) is 0 Å². The number of benzene rings is 3. The highest BCUT2D eigenvalue weighted by Gasteiger charge is 2.34. The number of thioether (sulfide) groups is 1. The van der Waals surface area contributed by atoms with Gasteiger partial charge in [0.25, 0.3) is 11.6 Å². The first kappa shape index (κ1) is 22.5. The molecule has 0 aromatic heterocycles. The summed E-state index contributed by atoms with van der Waals surface area (Å²) in [5.74, 6) is 0.0479. The van der Waals surface area contributed by atoms with E-state index in [0.29, 0.717) is 17.0 Å². The van der Waals surface area contributed by atoms with Crippen LogP contribution in [0.5, 0.6) is 0 Å². The van der Waals surface area contributed by atoms with Crippen molar-refractivity contribution in [1.29, 1.82) is 0 Å². The highest BCUT2D eigenvalue weighted by molar-refractivity contribution is 8.00. The van der Waals surface area contributed by atoms with E-state index in [1.54, 1.807) is 43.0 Å². The molecule has 1 fully saturated rings. The van der Waals surface area contributed by atoms with Crippen molar-refractivity contribution in [1.82, 2.24) is 0 Å². The van der Waals surface area contributed by atoms with E-state index in [0.717, 1.165) is 17.7 Å². The number of carbonyl (C=O) groups excluding carboxylic acids is 2. The molecule has 0 unspecified atom stereocenters. The highest BCUT2D eigenvalue weighted by atomic mass is 32.2. The lowest BCUT2D eigenvalue weighted by Gasteiger charge is -2.24. The van der Waals surface area contributed by atoms with Gasteiger partial charge in [0, 0.05) is 28.6 Å². The Hall–Kier alpha value is -3.65. The Morgan fingerprint density at radius 2 is 1.82 bits per heavy atom. The van der Waals surface area contributed by atoms with Crippen molar-refractivity contribution in [3.8, 4) is 0 Å². The van der Waals surface area contributed by atoms with Crippen LogP contribution in [0.25, 0.3) is 0 Å². The Labute approximate surface area is 196 Å². The SMILES string of the molecule is CCc1ccc(N2C(=O)CS[C@@H]2c2ccc(NC(=O)c3ccc(C)c([N+](=O)[O-])c3)cc2)cc1. The lowest BCUT2D eigenvalue weighted by atomic mass is 10.1. The maximum atomic E-state index is 12.6. The van der Waals surface area contributed by atoms with Crippen LogP contribution in [0, 0.1) is 17.0 Å². The fourth-order valence-electron chi connectivity index (χ4n) is 3.72. The van der Waals surface area contributed by atoms with Gasteiger partial charge in [0.15, 0.2) is 0 Å². The minimum atomic E-state index is -0.497. The van der Waals surface area contributed by atoms with Crippen LogP contribution in [0.4, 0.5) is 17.1 Å². The Morgan fingerprint density at radius 1 is 1.12 bits per heavy atom. The van der Waals surface area contributed by atoms with Crippen LogP contribution in [0.1, 0.15) is 39.3 Å². The summed E-state index contributed by atoms with van der Waals surface area (Å²) in [4.78, 5) is 37.6. The van der Waals surface area contributed by atoms with E-state index in [-0.39, 0.29) is 22.5 Å². The van der Waals surface area contributed by atoms with E-state index in [1.807, 2.05) is 41.3 Å². The molecule has 1 heterocycles. The van der Waals surface area contributed by atoms with Gasteiger partial charge in [0.2, 0.25) is 5.91 Å². The Kier molecular flexibility index (Phi) is 6.46. The summed E-state index contributed by atoms with van der Waals surface area (Å²) < 4.78 is 0. The second-order valence-electron chi connectivity index (χ2n) is 7.78. The molecule has 0 saturated carbocycles. The number of hydrogen-bond donors (Lipinski definition) is 1. The second kappa shape index (κ2) is 9.46. The minimum Gasteiger partial charge on any atom is -0.322 e. The van der Waals surface area contributed by atoms with E-state index in [4.69, 9.17) is 0 Å². The van der Waals surface area contributed by atoms with Crippen molar-refractivity contribution in [2.45, 2.75) is 25.6 Å². The fraction of sp³-hybridized carbons (Fsp3) is 0.200. The number of nitrogens with one attached hydrogen (secondary N) is 1. The van der Waals surface area contributed by atoms with E-state index < -0.39 is 10.8 Å². The van der Waals surface area contributed by atoms with E-state index in [2.05, 4.69) is 12.2 Å². The predicted molar refractivity (Wildman–Crippen MR) is 131 cm³/mol. The molecule has 1 atom stereocenters. The molecule has 0 aliphatic carbocycles. The summed E-state index contributed by atoms with van der Waals surface area (Å²) in [5.41, 5.74) is 4.23. The number of nitrogens with zero attached hydrogens (tertiary/aromatic N) is 2. The average molecular weight is 462 g/mol. The second-order valence-corrected chi connectivity index (χ2v) is 8.85. The van der Waals surface area contributed by atoms with Gasteiger partial charge in [-0.05, 0) is 54.8 Å². The fourth-order valence-corrected chi connectivity index (χ4v) is 4.90.